The van der Waals surface area contributed by atoms with Crippen LogP contribution in [0.2, 0.25) is 0 Å². The van der Waals surface area contributed by atoms with Gasteiger partial charge in [0.2, 0.25) is 0 Å². The van der Waals surface area contributed by atoms with E-state index in [1.165, 1.54) is 7.11 Å². The second-order valence-electron chi connectivity index (χ2n) is 3.58. The van der Waals surface area contributed by atoms with E-state index in [0.29, 0.717) is 6.79 Å². The summed E-state index contributed by atoms with van der Waals surface area (Å²) < 4.78 is 15.0. The van der Waals surface area contributed by atoms with Gasteiger partial charge in [0.1, 0.15) is 6.79 Å². The Hall–Kier alpha value is -0.610. The van der Waals surface area contributed by atoms with Gasteiger partial charge < -0.3 is 14.2 Å². The number of esters is 1. The highest BCUT2D eigenvalue weighted by molar-refractivity contribution is 5.72. The summed E-state index contributed by atoms with van der Waals surface area (Å²) in [6.45, 7) is 0.304. The van der Waals surface area contributed by atoms with Gasteiger partial charge in [0.15, 0.2) is 0 Å². The molecule has 4 heteroatoms. The lowest BCUT2D eigenvalue weighted by molar-refractivity contribution is -0.150. The molecule has 1 rings (SSSR count). The summed E-state index contributed by atoms with van der Waals surface area (Å²) in [4.78, 5) is 11.3. The van der Waals surface area contributed by atoms with Crippen molar-refractivity contribution < 1.29 is 19.0 Å². The monoisotopic (exact) mass is 202 g/mol. The normalized spacial score (nSPS) is 27.3. The second-order valence-corrected chi connectivity index (χ2v) is 3.58. The first-order chi connectivity index (χ1) is 6.77. The van der Waals surface area contributed by atoms with Crippen LogP contribution in [-0.2, 0) is 19.0 Å². The standard InChI is InChI=1S/C10H18O4/c1-12-7-14-9-5-3-4-8(6-9)10(11)13-2/h8-9H,3-7H2,1-2H3/t8-,9+/m1/s1. The minimum Gasteiger partial charge on any atom is -0.469 e. The Morgan fingerprint density at radius 1 is 1.36 bits per heavy atom. The molecular formula is C10H18O4. The van der Waals surface area contributed by atoms with Crippen molar-refractivity contribution in [3.05, 3.63) is 0 Å². The lowest BCUT2D eigenvalue weighted by Gasteiger charge is -2.27. The van der Waals surface area contributed by atoms with E-state index in [4.69, 9.17) is 14.2 Å². The van der Waals surface area contributed by atoms with Gasteiger partial charge in [-0.05, 0) is 19.3 Å². The predicted octanol–water partition coefficient (Wildman–Crippen LogP) is 1.34. The molecule has 82 valence electrons. The van der Waals surface area contributed by atoms with Gasteiger partial charge in [0.25, 0.3) is 0 Å². The maximum atomic E-state index is 11.3. The minimum atomic E-state index is -0.115. The lowest BCUT2D eigenvalue weighted by Crippen LogP contribution is -2.29. The van der Waals surface area contributed by atoms with Crippen molar-refractivity contribution in [3.63, 3.8) is 0 Å². The second kappa shape index (κ2) is 5.98. The van der Waals surface area contributed by atoms with Gasteiger partial charge in [0.05, 0.1) is 19.1 Å². The van der Waals surface area contributed by atoms with Gasteiger partial charge in [-0.2, -0.15) is 0 Å². The van der Waals surface area contributed by atoms with Gasteiger partial charge in [0, 0.05) is 7.11 Å². The summed E-state index contributed by atoms with van der Waals surface area (Å²) in [5, 5.41) is 0. The third kappa shape index (κ3) is 3.27. The molecule has 0 aromatic rings. The molecule has 1 fully saturated rings. The molecule has 0 N–H and O–H groups in total. The molecule has 0 aromatic carbocycles. The highest BCUT2D eigenvalue weighted by Crippen LogP contribution is 2.27. The Morgan fingerprint density at radius 3 is 2.79 bits per heavy atom. The summed E-state index contributed by atoms with van der Waals surface area (Å²) >= 11 is 0. The zero-order chi connectivity index (χ0) is 10.4. The van der Waals surface area contributed by atoms with E-state index < -0.39 is 0 Å². The molecule has 1 saturated carbocycles. The third-order valence-electron chi connectivity index (χ3n) is 2.58. The van der Waals surface area contributed by atoms with Crippen LogP contribution in [-0.4, -0.2) is 33.1 Å². The highest BCUT2D eigenvalue weighted by Gasteiger charge is 2.28. The van der Waals surface area contributed by atoms with E-state index in [0.717, 1.165) is 25.7 Å². The van der Waals surface area contributed by atoms with Crippen molar-refractivity contribution in [2.75, 3.05) is 21.0 Å². The van der Waals surface area contributed by atoms with E-state index >= 15 is 0 Å². The van der Waals surface area contributed by atoms with Crippen LogP contribution in [0.5, 0.6) is 0 Å². The molecule has 0 heterocycles. The molecule has 1 aliphatic rings. The maximum absolute atomic E-state index is 11.3. The minimum absolute atomic E-state index is 0.00982. The molecule has 1 aliphatic carbocycles. The average Bonchev–Trinajstić information content (AvgIpc) is 2.25. The molecule has 0 aromatic heterocycles. The number of ether oxygens (including phenoxy) is 3. The van der Waals surface area contributed by atoms with Gasteiger partial charge in [-0.15, -0.1) is 0 Å². The van der Waals surface area contributed by atoms with Crippen LogP contribution in [0, 0.1) is 5.92 Å². The summed E-state index contributed by atoms with van der Waals surface area (Å²) in [6, 6.07) is 0. The van der Waals surface area contributed by atoms with Gasteiger partial charge in [-0.3, -0.25) is 4.79 Å². The van der Waals surface area contributed by atoms with Gasteiger partial charge in [-0.1, -0.05) is 6.42 Å². The van der Waals surface area contributed by atoms with Crippen LogP contribution in [0.15, 0.2) is 0 Å². The van der Waals surface area contributed by atoms with Crippen LogP contribution in [0.4, 0.5) is 0 Å². The molecule has 14 heavy (non-hydrogen) atoms. The van der Waals surface area contributed by atoms with E-state index in [-0.39, 0.29) is 18.0 Å². The molecule has 0 unspecified atom stereocenters. The van der Waals surface area contributed by atoms with Crippen LogP contribution >= 0.6 is 0 Å². The molecule has 0 aliphatic heterocycles. The number of hydrogen-bond donors (Lipinski definition) is 0. The lowest BCUT2D eigenvalue weighted by atomic mass is 9.87. The van der Waals surface area contributed by atoms with Crippen molar-refractivity contribution in [2.45, 2.75) is 31.8 Å². The Morgan fingerprint density at radius 2 is 2.14 bits per heavy atom. The molecule has 2 atom stereocenters. The fourth-order valence-corrected chi connectivity index (χ4v) is 1.84. The summed E-state index contributed by atoms with van der Waals surface area (Å²) in [6.07, 6.45) is 3.85. The quantitative estimate of drug-likeness (QED) is 0.509. The van der Waals surface area contributed by atoms with E-state index in [2.05, 4.69) is 0 Å². The molecule has 4 nitrogen and oxygen atoms in total. The molecular weight excluding hydrogens is 184 g/mol. The number of carbonyl (C=O) groups excluding carboxylic acids is 1. The van der Waals surface area contributed by atoms with Gasteiger partial charge in [-0.25, -0.2) is 0 Å². The van der Waals surface area contributed by atoms with Crippen LogP contribution < -0.4 is 0 Å². The Bertz CT molecular complexity index is 181. The fraction of sp³-hybridized carbons (Fsp3) is 0.900. The van der Waals surface area contributed by atoms with Crippen molar-refractivity contribution in [2.24, 2.45) is 5.92 Å². The van der Waals surface area contributed by atoms with E-state index in [9.17, 15) is 4.79 Å². The fourth-order valence-electron chi connectivity index (χ4n) is 1.84. The molecule has 0 bridgehead atoms. The topological polar surface area (TPSA) is 44.8 Å². The molecule has 0 spiro atoms. The first-order valence-electron chi connectivity index (χ1n) is 4.96. The Kier molecular flexibility index (Phi) is 4.90. The Balaban J connectivity index is 2.31. The number of methoxy groups -OCH3 is 2. The summed E-state index contributed by atoms with van der Waals surface area (Å²) in [5.74, 6) is -0.105. The first-order valence-corrected chi connectivity index (χ1v) is 4.96. The Labute approximate surface area is 84.5 Å². The zero-order valence-electron chi connectivity index (χ0n) is 8.82. The SMILES string of the molecule is COCO[C@H]1CCC[C@@H](C(=O)OC)C1. The predicted molar refractivity (Wildman–Crippen MR) is 50.7 cm³/mol. The molecule has 0 amide bonds. The zero-order valence-corrected chi connectivity index (χ0v) is 8.82. The van der Waals surface area contributed by atoms with Crippen LogP contribution in [0.3, 0.4) is 0 Å². The van der Waals surface area contributed by atoms with Crippen molar-refractivity contribution in [1.82, 2.24) is 0 Å². The summed E-state index contributed by atoms with van der Waals surface area (Å²) in [7, 11) is 3.03. The molecule has 0 saturated heterocycles. The number of hydrogen-bond acceptors (Lipinski definition) is 4. The van der Waals surface area contributed by atoms with Crippen molar-refractivity contribution >= 4 is 5.97 Å². The van der Waals surface area contributed by atoms with E-state index in [1.807, 2.05) is 0 Å². The smallest absolute Gasteiger partial charge is 0.308 e. The van der Waals surface area contributed by atoms with Crippen molar-refractivity contribution in [3.8, 4) is 0 Å². The van der Waals surface area contributed by atoms with Gasteiger partial charge >= 0.3 is 5.97 Å². The summed E-state index contributed by atoms with van der Waals surface area (Å²) in [5.41, 5.74) is 0. The van der Waals surface area contributed by atoms with Crippen LogP contribution in [0.25, 0.3) is 0 Å². The largest absolute Gasteiger partial charge is 0.469 e. The molecule has 0 radical (unpaired) electrons. The van der Waals surface area contributed by atoms with Crippen LogP contribution in [0.1, 0.15) is 25.7 Å². The maximum Gasteiger partial charge on any atom is 0.308 e. The first kappa shape index (κ1) is 11.5. The number of rotatable bonds is 4. The highest BCUT2D eigenvalue weighted by atomic mass is 16.7. The average molecular weight is 202 g/mol. The third-order valence-corrected chi connectivity index (χ3v) is 2.58. The van der Waals surface area contributed by atoms with Crippen molar-refractivity contribution in [1.29, 1.82) is 0 Å². The van der Waals surface area contributed by atoms with E-state index in [1.54, 1.807) is 7.11 Å². The number of carbonyl (C=O) groups is 1.